The normalized spacial score (nSPS) is 13.2. The summed E-state index contributed by atoms with van der Waals surface area (Å²) in [6, 6.07) is 71.9. The third kappa shape index (κ3) is 11.2. The van der Waals surface area contributed by atoms with Gasteiger partial charge in [-0.3, -0.25) is 0 Å². The number of hydrogen-bond donors (Lipinski definition) is 0. The average Bonchev–Trinajstić information content (AvgIpc) is 4.32. The number of hydrogen-bond acceptors (Lipinski definition) is 6. The maximum atomic E-state index is 12.0. The van der Waals surface area contributed by atoms with Gasteiger partial charge in [-0.05, 0) is 96.5 Å². The standard InChI is InChI=1S/C67H68B2N4O2S/c1-5-9-25-49(7-3)47-74-57-41-37-51(38-42-57)64-60-46-72(68(53-27-15-11-16-28-53)54-29-17-12-18-30-54)65(52-39-43-58(44-40-52)75-48-50(8-4)26-10-6-2)63(60)66(59(45-70)67-71-61-35-23-24-36-62(61)76-67)73(64)69(55-31-19-13-20-32-55)56-33-21-14-22-34-56/h11-24,27-44,49-50H,5-10,25-26,46-48H2,1-4H3/b66-59-. The second-order valence-electron chi connectivity index (χ2n) is 20.3. The van der Waals surface area contributed by atoms with Crippen LogP contribution in [0, 0.1) is 23.2 Å². The average molecular weight is 1010 g/mol. The summed E-state index contributed by atoms with van der Waals surface area (Å²) in [5.74, 6) is 2.72. The Morgan fingerprint density at radius 2 is 1.04 bits per heavy atom. The molecule has 9 aromatic rings. The van der Waals surface area contributed by atoms with E-state index in [4.69, 9.17) is 14.5 Å². The van der Waals surface area contributed by atoms with Gasteiger partial charge in [-0.25, -0.2) is 4.98 Å². The zero-order valence-corrected chi connectivity index (χ0v) is 45.4. The summed E-state index contributed by atoms with van der Waals surface area (Å²) < 4.78 is 16.7. The number of para-hydroxylation sites is 1. The molecule has 0 saturated heterocycles. The SMILES string of the molecule is CCCCC(CC)COc1ccc(C2=c3c(c(-c4ccc(OCC(CC)CCCC)cc4)n(B(c4ccccc4)c4ccccc4)/c3=C(/C#N)c3nc4ccccc4s3)CN2B(c2ccccc2)c2ccccc2)cc1. The quantitative estimate of drug-likeness (QED) is 0.0598. The Kier molecular flexibility index (Phi) is 17.0. The van der Waals surface area contributed by atoms with Crippen molar-refractivity contribution in [2.45, 2.75) is 85.6 Å². The Labute approximate surface area is 455 Å². The number of aromatic nitrogens is 2. The number of benzene rings is 7. The van der Waals surface area contributed by atoms with Gasteiger partial charge in [0.2, 0.25) is 0 Å². The highest BCUT2D eigenvalue weighted by Crippen LogP contribution is 2.35. The van der Waals surface area contributed by atoms with Gasteiger partial charge >= 0.3 is 13.7 Å². The lowest BCUT2D eigenvalue weighted by Crippen LogP contribution is -2.56. The number of rotatable bonds is 23. The molecule has 9 heteroatoms. The zero-order valence-electron chi connectivity index (χ0n) is 44.6. The number of fused-ring (bicyclic) bond motifs is 2. The van der Waals surface area contributed by atoms with E-state index in [2.05, 4.69) is 225 Å². The zero-order chi connectivity index (χ0) is 52.2. The summed E-state index contributed by atoms with van der Waals surface area (Å²) in [4.78, 5) is 7.88. The molecule has 2 aromatic heterocycles. The third-order valence-electron chi connectivity index (χ3n) is 15.4. The van der Waals surface area contributed by atoms with E-state index in [9.17, 15) is 5.26 Å². The van der Waals surface area contributed by atoms with Crippen molar-refractivity contribution < 1.29 is 9.47 Å². The fourth-order valence-corrected chi connectivity index (χ4v) is 12.2. The van der Waals surface area contributed by atoms with Crippen molar-refractivity contribution in [1.82, 2.24) is 14.3 Å². The van der Waals surface area contributed by atoms with E-state index < -0.39 is 0 Å². The number of thiazole rings is 1. The van der Waals surface area contributed by atoms with Crippen molar-refractivity contribution in [1.29, 1.82) is 5.26 Å². The van der Waals surface area contributed by atoms with E-state index >= 15 is 0 Å². The molecule has 0 bridgehead atoms. The van der Waals surface area contributed by atoms with Crippen molar-refractivity contribution >= 4 is 68.4 Å². The maximum Gasteiger partial charge on any atom is 0.328 e. The molecule has 0 amide bonds. The minimum absolute atomic E-state index is 0.180. The Morgan fingerprint density at radius 3 is 1.50 bits per heavy atom. The predicted octanol–water partition coefficient (Wildman–Crippen LogP) is 12.1. The van der Waals surface area contributed by atoms with E-state index in [0.717, 1.165) is 97.0 Å². The van der Waals surface area contributed by atoms with Crippen LogP contribution in [0.1, 0.15) is 95.2 Å². The van der Waals surface area contributed by atoms with Crippen LogP contribution in [0.4, 0.5) is 0 Å². The molecule has 2 atom stereocenters. The highest BCUT2D eigenvalue weighted by atomic mass is 32.1. The topological polar surface area (TPSA) is 63.3 Å². The summed E-state index contributed by atoms with van der Waals surface area (Å²) >= 11 is 1.58. The van der Waals surface area contributed by atoms with Crippen LogP contribution in [0.15, 0.2) is 194 Å². The minimum Gasteiger partial charge on any atom is -0.493 e. The second kappa shape index (κ2) is 24.9. The van der Waals surface area contributed by atoms with Crippen molar-refractivity contribution in [2.75, 3.05) is 13.2 Å². The Bertz CT molecular complexity index is 3380. The first-order valence-corrected chi connectivity index (χ1v) is 28.5. The van der Waals surface area contributed by atoms with Crippen LogP contribution in [0.25, 0.3) is 32.7 Å². The molecule has 0 N–H and O–H groups in total. The summed E-state index contributed by atoms with van der Waals surface area (Å²) in [5.41, 5.74) is 11.3. The lowest BCUT2D eigenvalue weighted by Gasteiger charge is -2.32. The van der Waals surface area contributed by atoms with Crippen LogP contribution in [-0.4, -0.2) is 41.2 Å². The van der Waals surface area contributed by atoms with Crippen molar-refractivity contribution in [3.05, 3.63) is 221 Å². The first-order chi connectivity index (χ1) is 37.5. The monoisotopic (exact) mass is 1010 g/mol. The lowest BCUT2D eigenvalue weighted by atomic mass is 9.49. The summed E-state index contributed by atoms with van der Waals surface area (Å²) in [7, 11) is 0. The van der Waals surface area contributed by atoms with E-state index in [1.807, 2.05) is 12.1 Å². The third-order valence-corrected chi connectivity index (χ3v) is 16.4. The highest BCUT2D eigenvalue weighted by Gasteiger charge is 2.40. The molecule has 10 rings (SSSR count). The minimum atomic E-state index is -0.334. The van der Waals surface area contributed by atoms with Gasteiger partial charge in [-0.1, -0.05) is 222 Å². The molecule has 0 spiro atoms. The molecule has 1 aliphatic heterocycles. The lowest BCUT2D eigenvalue weighted by molar-refractivity contribution is 0.233. The molecule has 0 radical (unpaired) electrons. The summed E-state index contributed by atoms with van der Waals surface area (Å²) in [6.07, 6.45) is 9.27. The van der Waals surface area contributed by atoms with Crippen LogP contribution < -0.4 is 41.9 Å². The van der Waals surface area contributed by atoms with E-state index in [1.54, 1.807) is 11.3 Å². The molecule has 7 aromatic carbocycles. The fourth-order valence-electron chi connectivity index (χ4n) is 11.2. The molecule has 76 heavy (non-hydrogen) atoms. The largest absolute Gasteiger partial charge is 0.493 e. The highest BCUT2D eigenvalue weighted by molar-refractivity contribution is 7.19. The van der Waals surface area contributed by atoms with Crippen molar-refractivity contribution in [3.63, 3.8) is 0 Å². The number of nitrogens with zero attached hydrogens (tertiary/aromatic N) is 4. The van der Waals surface area contributed by atoms with Gasteiger partial charge in [0.15, 0.2) is 0 Å². The molecule has 0 aliphatic carbocycles. The fraction of sp³-hybridized carbons (Fsp3) is 0.254. The maximum absolute atomic E-state index is 12.0. The molecular weight excluding hydrogens is 946 g/mol. The van der Waals surface area contributed by atoms with Crippen LogP contribution >= 0.6 is 11.3 Å². The van der Waals surface area contributed by atoms with E-state index in [0.29, 0.717) is 42.2 Å². The molecule has 0 fully saturated rings. The first-order valence-electron chi connectivity index (χ1n) is 27.7. The summed E-state index contributed by atoms with van der Waals surface area (Å²) in [5, 5.41) is 14.6. The van der Waals surface area contributed by atoms with Crippen LogP contribution in [-0.2, 0) is 6.54 Å². The number of ether oxygens (including phenoxy) is 2. The van der Waals surface area contributed by atoms with Crippen molar-refractivity contribution in [3.8, 4) is 28.8 Å². The van der Waals surface area contributed by atoms with Crippen LogP contribution in [0.3, 0.4) is 0 Å². The van der Waals surface area contributed by atoms with Gasteiger partial charge in [0, 0.05) is 28.7 Å². The molecule has 380 valence electrons. The molecular formula is C67H68B2N4O2S. The van der Waals surface area contributed by atoms with Crippen molar-refractivity contribution in [2.24, 2.45) is 11.8 Å². The number of unbranched alkanes of at least 4 members (excludes halogenated alkanes) is 2. The summed E-state index contributed by atoms with van der Waals surface area (Å²) in [6.45, 7) is 10.5. The molecule has 1 aliphatic rings. The molecule has 2 unspecified atom stereocenters. The second-order valence-corrected chi connectivity index (χ2v) is 21.4. The Morgan fingerprint density at radius 1 is 0.579 bits per heavy atom. The van der Waals surface area contributed by atoms with E-state index in [-0.39, 0.29) is 13.7 Å². The number of nitriles is 1. The van der Waals surface area contributed by atoms with Crippen LogP contribution in [0.5, 0.6) is 11.5 Å². The predicted molar refractivity (Wildman–Crippen MR) is 320 cm³/mol. The van der Waals surface area contributed by atoms with Gasteiger partial charge < -0.3 is 18.8 Å². The van der Waals surface area contributed by atoms with Gasteiger partial charge in [-0.15, -0.1) is 11.3 Å². The molecule has 0 saturated carbocycles. The smallest absolute Gasteiger partial charge is 0.328 e. The van der Waals surface area contributed by atoms with Gasteiger partial charge in [-0.2, -0.15) is 5.26 Å². The molecule has 3 heterocycles. The Hall–Kier alpha value is -7.53. The van der Waals surface area contributed by atoms with E-state index in [1.165, 1.54) is 36.6 Å². The Balaban J connectivity index is 1.32. The van der Waals surface area contributed by atoms with Gasteiger partial charge in [0.1, 0.15) is 28.1 Å². The molecule has 6 nitrogen and oxygen atoms in total. The van der Waals surface area contributed by atoms with Crippen LogP contribution in [0.2, 0.25) is 0 Å². The van der Waals surface area contributed by atoms with Gasteiger partial charge in [0.05, 0.1) is 28.8 Å². The first kappa shape index (κ1) is 51.9. The van der Waals surface area contributed by atoms with Gasteiger partial charge in [0.25, 0.3) is 0 Å².